The van der Waals surface area contributed by atoms with Gasteiger partial charge in [0.05, 0.1) is 17.3 Å². The van der Waals surface area contributed by atoms with Gasteiger partial charge in [0.2, 0.25) is 0 Å². The van der Waals surface area contributed by atoms with Crippen LogP contribution in [0.5, 0.6) is 5.75 Å². The lowest BCUT2D eigenvalue weighted by atomic mass is 10.0. The predicted molar refractivity (Wildman–Crippen MR) is 82.0 cm³/mol. The van der Waals surface area contributed by atoms with Gasteiger partial charge in [0.1, 0.15) is 17.1 Å². The van der Waals surface area contributed by atoms with Gasteiger partial charge < -0.3 is 9.47 Å². The molecule has 1 heterocycles. The topological polar surface area (TPSA) is 47.9 Å². The quantitative estimate of drug-likeness (QED) is 0.769. The summed E-state index contributed by atoms with van der Waals surface area (Å²) < 4.78 is 11.5. The number of nitrogens with zero attached hydrogens (tertiary/aromatic N) is 1. The maximum Gasteiger partial charge on any atom is 0.353 e. The second kappa shape index (κ2) is 5.56. The summed E-state index contributed by atoms with van der Waals surface area (Å²) in [5.74, 6) is 0.364. The van der Waals surface area contributed by atoms with Crippen LogP contribution in [0.15, 0.2) is 21.6 Å². The first-order valence-corrected chi connectivity index (χ1v) is 7.27. The van der Waals surface area contributed by atoms with Crippen molar-refractivity contribution in [3.05, 3.63) is 22.2 Å². The molecular weight excluding hydrogens is 322 g/mol. The van der Waals surface area contributed by atoms with Gasteiger partial charge in [-0.2, -0.15) is 0 Å². The highest BCUT2D eigenvalue weighted by Gasteiger charge is 2.24. The number of methoxy groups -OCH3 is 1. The van der Waals surface area contributed by atoms with Crippen molar-refractivity contribution in [3.63, 3.8) is 0 Å². The number of hydrogen-bond donors (Lipinski definition) is 0. The van der Waals surface area contributed by atoms with Crippen molar-refractivity contribution in [3.8, 4) is 5.75 Å². The third-order valence-corrected chi connectivity index (χ3v) is 3.49. The number of aryl methyl sites for hydroxylation is 1. The fourth-order valence-corrected chi connectivity index (χ4v) is 2.54. The number of ether oxygens (including phenoxy) is 2. The lowest BCUT2D eigenvalue weighted by Crippen LogP contribution is -2.29. The van der Waals surface area contributed by atoms with Crippen LogP contribution in [0.4, 0.5) is 5.69 Å². The molecule has 0 atom stereocenters. The minimum atomic E-state index is -0.503. The van der Waals surface area contributed by atoms with Crippen LogP contribution in [-0.4, -0.2) is 24.4 Å². The Labute approximate surface area is 127 Å². The van der Waals surface area contributed by atoms with Crippen molar-refractivity contribution in [1.29, 1.82) is 0 Å². The third kappa shape index (κ3) is 3.39. The molecule has 0 radical (unpaired) electrons. The fourth-order valence-electron chi connectivity index (χ4n) is 1.98. The van der Waals surface area contributed by atoms with Gasteiger partial charge in [0, 0.05) is 12.5 Å². The third-order valence-electron chi connectivity index (χ3n) is 2.87. The van der Waals surface area contributed by atoms with Gasteiger partial charge >= 0.3 is 5.97 Å². The van der Waals surface area contributed by atoms with E-state index in [2.05, 4.69) is 20.9 Å². The van der Waals surface area contributed by atoms with Gasteiger partial charge in [0.25, 0.3) is 0 Å². The highest BCUT2D eigenvalue weighted by Crippen LogP contribution is 2.36. The summed E-state index contributed by atoms with van der Waals surface area (Å²) in [7, 11) is 1.60. The van der Waals surface area contributed by atoms with E-state index in [-0.39, 0.29) is 5.97 Å². The van der Waals surface area contributed by atoms with Gasteiger partial charge in [-0.25, -0.2) is 9.79 Å². The van der Waals surface area contributed by atoms with E-state index >= 15 is 0 Å². The van der Waals surface area contributed by atoms with Crippen LogP contribution in [0.25, 0.3) is 0 Å². The second-order valence-electron chi connectivity index (χ2n) is 5.68. The molecule has 0 spiro atoms. The van der Waals surface area contributed by atoms with E-state index in [1.807, 2.05) is 32.9 Å². The maximum absolute atomic E-state index is 12.1. The number of hydrogen-bond acceptors (Lipinski definition) is 4. The SMILES string of the molecule is COc1cc2c(cc1Br)CCC(C(=O)OC(C)(C)C)=N2. The number of halogens is 1. The zero-order valence-electron chi connectivity index (χ0n) is 12.1. The van der Waals surface area contributed by atoms with E-state index < -0.39 is 5.60 Å². The minimum absolute atomic E-state index is 0.343. The van der Waals surface area contributed by atoms with Gasteiger partial charge in [-0.3, -0.25) is 0 Å². The van der Waals surface area contributed by atoms with Crippen LogP contribution in [0.3, 0.4) is 0 Å². The monoisotopic (exact) mass is 339 g/mol. The van der Waals surface area contributed by atoms with Gasteiger partial charge in [-0.1, -0.05) is 0 Å². The molecule has 0 amide bonds. The summed E-state index contributed by atoms with van der Waals surface area (Å²) in [6.45, 7) is 5.55. The molecule has 2 rings (SSSR count). The molecule has 5 heteroatoms. The zero-order chi connectivity index (χ0) is 14.9. The van der Waals surface area contributed by atoms with E-state index in [4.69, 9.17) is 9.47 Å². The summed E-state index contributed by atoms with van der Waals surface area (Å²) in [5, 5.41) is 0. The number of benzene rings is 1. The largest absolute Gasteiger partial charge is 0.495 e. The Morgan fingerprint density at radius 3 is 2.60 bits per heavy atom. The molecule has 1 aliphatic heterocycles. The summed E-state index contributed by atoms with van der Waals surface area (Å²) in [4.78, 5) is 16.5. The van der Waals surface area contributed by atoms with Crippen molar-refractivity contribution in [2.24, 2.45) is 4.99 Å². The van der Waals surface area contributed by atoms with Crippen molar-refractivity contribution in [2.75, 3.05) is 7.11 Å². The van der Waals surface area contributed by atoms with Crippen LogP contribution in [-0.2, 0) is 16.0 Å². The van der Waals surface area contributed by atoms with Crippen LogP contribution in [0, 0.1) is 0 Å². The molecule has 1 aliphatic rings. The number of carbonyl (C=O) groups is 1. The van der Waals surface area contributed by atoms with E-state index in [1.54, 1.807) is 7.11 Å². The number of aliphatic imine (C=N–C) groups is 1. The minimum Gasteiger partial charge on any atom is -0.495 e. The van der Waals surface area contributed by atoms with Crippen LogP contribution < -0.4 is 4.74 Å². The Balaban J connectivity index is 2.30. The Hall–Kier alpha value is -1.36. The molecule has 4 nitrogen and oxygen atoms in total. The lowest BCUT2D eigenvalue weighted by Gasteiger charge is -2.22. The molecule has 0 fully saturated rings. The number of carbonyl (C=O) groups excluding carboxylic acids is 1. The van der Waals surface area contributed by atoms with Crippen LogP contribution in [0.1, 0.15) is 32.8 Å². The zero-order valence-corrected chi connectivity index (χ0v) is 13.7. The van der Waals surface area contributed by atoms with Gasteiger partial charge in [0.15, 0.2) is 0 Å². The Kier molecular flexibility index (Phi) is 4.18. The lowest BCUT2D eigenvalue weighted by molar-refractivity contribution is -0.146. The summed E-state index contributed by atoms with van der Waals surface area (Å²) in [6.07, 6.45) is 1.37. The first-order chi connectivity index (χ1) is 9.30. The van der Waals surface area contributed by atoms with Crippen LogP contribution >= 0.6 is 15.9 Å². The van der Waals surface area contributed by atoms with E-state index in [1.165, 1.54) is 0 Å². The predicted octanol–water partition coefficient (Wildman–Crippen LogP) is 3.82. The highest BCUT2D eigenvalue weighted by atomic mass is 79.9. The summed E-state index contributed by atoms with van der Waals surface area (Å²) in [6, 6.07) is 3.83. The number of fused-ring (bicyclic) bond motifs is 1. The molecule has 0 saturated carbocycles. The molecule has 0 unspecified atom stereocenters. The first kappa shape index (κ1) is 15.0. The smallest absolute Gasteiger partial charge is 0.353 e. The Morgan fingerprint density at radius 1 is 1.30 bits per heavy atom. The van der Waals surface area contributed by atoms with Crippen molar-refractivity contribution in [2.45, 2.75) is 39.2 Å². The molecule has 0 N–H and O–H groups in total. The molecule has 0 aliphatic carbocycles. The van der Waals surface area contributed by atoms with Crippen molar-refractivity contribution < 1.29 is 14.3 Å². The molecule has 1 aromatic carbocycles. The molecule has 0 aromatic heterocycles. The first-order valence-electron chi connectivity index (χ1n) is 6.47. The maximum atomic E-state index is 12.1. The normalized spacial score (nSPS) is 14.3. The highest BCUT2D eigenvalue weighted by molar-refractivity contribution is 9.10. The van der Waals surface area contributed by atoms with Gasteiger partial charge in [-0.15, -0.1) is 0 Å². The van der Waals surface area contributed by atoms with Crippen molar-refractivity contribution >= 4 is 33.3 Å². The second-order valence-corrected chi connectivity index (χ2v) is 6.53. The molecule has 1 aromatic rings. The molecule has 108 valence electrons. The molecule has 0 bridgehead atoms. The Bertz CT molecular complexity index is 573. The number of esters is 1. The summed E-state index contributed by atoms with van der Waals surface area (Å²) in [5.41, 5.74) is 1.84. The average molecular weight is 340 g/mol. The standard InChI is InChI=1S/C15H18BrNO3/c1-15(2,3)20-14(18)11-6-5-9-7-10(16)13(19-4)8-12(9)17-11/h7-8H,5-6H2,1-4H3. The van der Waals surface area contributed by atoms with Crippen molar-refractivity contribution in [1.82, 2.24) is 0 Å². The van der Waals surface area contributed by atoms with Gasteiger partial charge in [-0.05, 0) is 54.8 Å². The Morgan fingerprint density at radius 2 is 2.00 bits per heavy atom. The average Bonchev–Trinajstić information content (AvgIpc) is 2.35. The van der Waals surface area contributed by atoms with E-state index in [9.17, 15) is 4.79 Å². The molecule has 0 saturated heterocycles. The molecule has 20 heavy (non-hydrogen) atoms. The molecular formula is C15H18BrNO3. The summed E-state index contributed by atoms with van der Waals surface area (Å²) >= 11 is 3.45. The van der Waals surface area contributed by atoms with Crippen LogP contribution in [0.2, 0.25) is 0 Å². The fraction of sp³-hybridized carbons (Fsp3) is 0.467. The van der Waals surface area contributed by atoms with E-state index in [0.717, 1.165) is 22.1 Å². The number of rotatable bonds is 2. The van der Waals surface area contributed by atoms with E-state index in [0.29, 0.717) is 17.9 Å².